The minimum absolute atomic E-state index is 0.150. The second kappa shape index (κ2) is 7.64. The molecule has 142 valence electrons. The first-order valence-electron chi connectivity index (χ1n) is 9.53. The van der Waals surface area contributed by atoms with E-state index >= 15 is 0 Å². The molecule has 0 unspecified atom stereocenters. The quantitative estimate of drug-likeness (QED) is 0.848. The highest BCUT2D eigenvalue weighted by molar-refractivity contribution is 5.83. The van der Waals surface area contributed by atoms with E-state index in [0.717, 1.165) is 37.9 Å². The van der Waals surface area contributed by atoms with Crippen LogP contribution in [0.5, 0.6) is 11.6 Å². The van der Waals surface area contributed by atoms with Crippen LogP contribution in [0, 0.1) is 17.2 Å². The summed E-state index contributed by atoms with van der Waals surface area (Å²) in [4.78, 5) is 17.1. The van der Waals surface area contributed by atoms with Crippen molar-refractivity contribution in [3.05, 3.63) is 54.0 Å². The summed E-state index contributed by atoms with van der Waals surface area (Å²) in [5.41, 5.74) is 0.663. The SMILES string of the molecule is O=C(NCc1ccc(Oc2cccc(F)c2)nc1)[C@@]12CCCC[C@H]1CNC2. The van der Waals surface area contributed by atoms with E-state index in [4.69, 9.17) is 4.74 Å². The van der Waals surface area contributed by atoms with Crippen molar-refractivity contribution in [2.75, 3.05) is 13.1 Å². The number of nitrogens with one attached hydrogen (secondary N) is 2. The number of carbonyl (C=O) groups excluding carboxylic acids is 1. The monoisotopic (exact) mass is 369 g/mol. The summed E-state index contributed by atoms with van der Waals surface area (Å²) < 4.78 is 18.8. The van der Waals surface area contributed by atoms with Gasteiger partial charge in [-0.1, -0.05) is 25.0 Å². The topological polar surface area (TPSA) is 63.2 Å². The molecule has 2 N–H and O–H groups in total. The first-order chi connectivity index (χ1) is 13.2. The molecule has 0 radical (unpaired) electrons. The Labute approximate surface area is 158 Å². The van der Waals surface area contributed by atoms with Crippen LogP contribution in [0.1, 0.15) is 31.2 Å². The summed E-state index contributed by atoms with van der Waals surface area (Å²) in [7, 11) is 0. The highest BCUT2D eigenvalue weighted by Crippen LogP contribution is 2.43. The van der Waals surface area contributed by atoms with Crippen molar-refractivity contribution in [3.63, 3.8) is 0 Å². The number of pyridine rings is 1. The van der Waals surface area contributed by atoms with E-state index < -0.39 is 0 Å². The van der Waals surface area contributed by atoms with Gasteiger partial charge in [-0.25, -0.2) is 9.37 Å². The Balaban J connectivity index is 1.35. The maximum Gasteiger partial charge on any atom is 0.228 e. The average molecular weight is 369 g/mol. The lowest BCUT2D eigenvalue weighted by atomic mass is 9.67. The smallest absolute Gasteiger partial charge is 0.228 e. The Hall–Kier alpha value is -2.47. The predicted molar refractivity (Wildman–Crippen MR) is 99.8 cm³/mol. The van der Waals surface area contributed by atoms with Crippen LogP contribution in [0.3, 0.4) is 0 Å². The number of ether oxygens (including phenoxy) is 1. The number of carbonyl (C=O) groups is 1. The molecule has 1 aromatic heterocycles. The van der Waals surface area contributed by atoms with E-state index in [2.05, 4.69) is 15.6 Å². The zero-order valence-corrected chi connectivity index (χ0v) is 15.2. The Morgan fingerprint density at radius 3 is 3.07 bits per heavy atom. The molecule has 2 aliphatic rings. The molecular weight excluding hydrogens is 345 g/mol. The minimum atomic E-state index is -0.353. The minimum Gasteiger partial charge on any atom is -0.439 e. The van der Waals surface area contributed by atoms with Gasteiger partial charge in [-0.15, -0.1) is 0 Å². The molecule has 1 saturated heterocycles. The van der Waals surface area contributed by atoms with Gasteiger partial charge < -0.3 is 15.4 Å². The highest BCUT2D eigenvalue weighted by Gasteiger charge is 2.49. The van der Waals surface area contributed by atoms with Gasteiger partial charge in [-0.2, -0.15) is 0 Å². The molecule has 2 fully saturated rings. The van der Waals surface area contributed by atoms with Gasteiger partial charge in [0.15, 0.2) is 0 Å². The summed E-state index contributed by atoms with van der Waals surface area (Å²) in [6.45, 7) is 2.17. The third kappa shape index (κ3) is 3.81. The van der Waals surface area contributed by atoms with Crippen LogP contribution in [0.25, 0.3) is 0 Å². The molecule has 27 heavy (non-hydrogen) atoms. The number of aromatic nitrogens is 1. The van der Waals surface area contributed by atoms with E-state index in [0.29, 0.717) is 24.1 Å². The summed E-state index contributed by atoms with van der Waals surface area (Å²) in [5, 5.41) is 6.50. The summed E-state index contributed by atoms with van der Waals surface area (Å²) in [6, 6.07) is 9.53. The third-order valence-electron chi connectivity index (χ3n) is 5.76. The molecule has 1 saturated carbocycles. The van der Waals surface area contributed by atoms with Gasteiger partial charge in [-0.05, 0) is 43.0 Å². The van der Waals surface area contributed by atoms with Crippen LogP contribution in [0.2, 0.25) is 0 Å². The van der Waals surface area contributed by atoms with Crippen molar-refractivity contribution in [3.8, 4) is 11.6 Å². The number of benzene rings is 1. The molecule has 4 rings (SSSR count). The molecular formula is C21H24FN3O2. The zero-order valence-electron chi connectivity index (χ0n) is 15.2. The Morgan fingerprint density at radius 1 is 1.33 bits per heavy atom. The maximum absolute atomic E-state index is 13.2. The van der Waals surface area contributed by atoms with E-state index in [1.165, 1.54) is 18.6 Å². The van der Waals surface area contributed by atoms with Crippen molar-refractivity contribution in [1.29, 1.82) is 0 Å². The number of fused-ring (bicyclic) bond motifs is 1. The Bertz CT molecular complexity index is 811. The molecule has 0 spiro atoms. The number of rotatable bonds is 5. The van der Waals surface area contributed by atoms with Crippen molar-refractivity contribution >= 4 is 5.91 Å². The van der Waals surface area contributed by atoms with Crippen molar-refractivity contribution in [2.24, 2.45) is 11.3 Å². The number of hydrogen-bond donors (Lipinski definition) is 2. The van der Waals surface area contributed by atoms with Gasteiger partial charge in [0.2, 0.25) is 11.8 Å². The first-order valence-corrected chi connectivity index (χ1v) is 9.53. The van der Waals surface area contributed by atoms with Crippen molar-refractivity contribution < 1.29 is 13.9 Å². The van der Waals surface area contributed by atoms with E-state index in [1.807, 2.05) is 6.07 Å². The molecule has 1 aliphatic heterocycles. The molecule has 1 aliphatic carbocycles. The van der Waals surface area contributed by atoms with Gasteiger partial charge in [-0.3, -0.25) is 4.79 Å². The standard InChI is InChI=1S/C21H24FN3O2/c22-17-5-3-6-18(10-17)27-19-8-7-15(11-24-19)12-25-20(26)21-9-2-1-4-16(21)13-23-14-21/h3,5-8,10-11,16,23H,1-2,4,9,12-14H2,(H,25,26)/t16-,21+/m0/s1. The van der Waals surface area contributed by atoms with Gasteiger partial charge in [0.05, 0.1) is 5.41 Å². The second-order valence-electron chi connectivity index (χ2n) is 7.48. The second-order valence-corrected chi connectivity index (χ2v) is 7.48. The summed E-state index contributed by atoms with van der Waals surface area (Å²) in [5.74, 6) is 1.04. The Morgan fingerprint density at radius 2 is 2.26 bits per heavy atom. The highest BCUT2D eigenvalue weighted by atomic mass is 19.1. The van der Waals surface area contributed by atoms with Gasteiger partial charge in [0.1, 0.15) is 11.6 Å². The maximum atomic E-state index is 13.2. The van der Waals surface area contributed by atoms with Crippen molar-refractivity contribution in [1.82, 2.24) is 15.6 Å². The first kappa shape index (κ1) is 17.9. The fraction of sp³-hybridized carbons (Fsp3) is 0.429. The largest absolute Gasteiger partial charge is 0.439 e. The molecule has 5 nitrogen and oxygen atoms in total. The van der Waals surface area contributed by atoms with E-state index in [9.17, 15) is 9.18 Å². The summed E-state index contributed by atoms with van der Waals surface area (Å²) >= 11 is 0. The van der Waals surface area contributed by atoms with Crippen LogP contribution >= 0.6 is 0 Å². The molecule has 1 amide bonds. The fourth-order valence-electron chi connectivity index (χ4n) is 4.28. The van der Waals surface area contributed by atoms with E-state index in [1.54, 1.807) is 24.4 Å². The van der Waals surface area contributed by atoms with Crippen molar-refractivity contribution in [2.45, 2.75) is 32.2 Å². The number of amides is 1. The van der Waals surface area contributed by atoms with Crippen LogP contribution in [-0.4, -0.2) is 24.0 Å². The molecule has 1 aromatic carbocycles. The lowest BCUT2D eigenvalue weighted by molar-refractivity contribution is -0.134. The predicted octanol–water partition coefficient (Wildman–Crippen LogP) is 3.41. The van der Waals surface area contributed by atoms with Gasteiger partial charge in [0, 0.05) is 31.4 Å². The number of hydrogen-bond acceptors (Lipinski definition) is 4. The zero-order chi connectivity index (χ0) is 18.7. The molecule has 0 bridgehead atoms. The van der Waals surface area contributed by atoms with Crippen LogP contribution in [-0.2, 0) is 11.3 Å². The van der Waals surface area contributed by atoms with Crippen LogP contribution < -0.4 is 15.4 Å². The number of nitrogens with zero attached hydrogens (tertiary/aromatic N) is 1. The third-order valence-corrected chi connectivity index (χ3v) is 5.76. The molecule has 6 heteroatoms. The van der Waals surface area contributed by atoms with Gasteiger partial charge >= 0.3 is 0 Å². The van der Waals surface area contributed by atoms with Crippen LogP contribution in [0.4, 0.5) is 4.39 Å². The lowest BCUT2D eigenvalue weighted by Crippen LogP contribution is -2.47. The fourth-order valence-corrected chi connectivity index (χ4v) is 4.28. The lowest BCUT2D eigenvalue weighted by Gasteiger charge is -2.37. The molecule has 2 aromatic rings. The Kier molecular flexibility index (Phi) is 5.07. The van der Waals surface area contributed by atoms with Gasteiger partial charge in [0.25, 0.3) is 0 Å². The van der Waals surface area contributed by atoms with Crippen LogP contribution in [0.15, 0.2) is 42.6 Å². The average Bonchev–Trinajstić information content (AvgIpc) is 3.12. The normalized spacial score (nSPS) is 24.3. The summed E-state index contributed by atoms with van der Waals surface area (Å²) in [6.07, 6.45) is 6.12. The number of halogens is 1. The molecule has 2 atom stereocenters. The van der Waals surface area contributed by atoms with E-state index in [-0.39, 0.29) is 17.1 Å². The molecule has 2 heterocycles.